The summed E-state index contributed by atoms with van der Waals surface area (Å²) in [6, 6.07) is 14.7. The van der Waals surface area contributed by atoms with Crippen LogP contribution in [0.25, 0.3) is 27.2 Å². The Balaban J connectivity index is 1.81. The van der Waals surface area contributed by atoms with Gasteiger partial charge in [0.1, 0.15) is 5.75 Å². The molecule has 1 aliphatic rings. The van der Waals surface area contributed by atoms with E-state index in [0.717, 1.165) is 42.9 Å². The van der Waals surface area contributed by atoms with Gasteiger partial charge in [-0.15, -0.1) is 0 Å². The molecule has 1 saturated heterocycles. The highest BCUT2D eigenvalue weighted by Gasteiger charge is 2.22. The summed E-state index contributed by atoms with van der Waals surface area (Å²) in [6.45, 7) is 10.2. The van der Waals surface area contributed by atoms with E-state index in [0.29, 0.717) is 28.8 Å². The van der Waals surface area contributed by atoms with Crippen molar-refractivity contribution < 1.29 is 4.74 Å². The van der Waals surface area contributed by atoms with Crippen LogP contribution in [0.5, 0.6) is 5.75 Å². The van der Waals surface area contributed by atoms with E-state index in [-0.39, 0.29) is 5.56 Å². The van der Waals surface area contributed by atoms with Gasteiger partial charge in [-0.1, -0.05) is 36.4 Å². The molecule has 176 valence electrons. The molecule has 7 heteroatoms. The van der Waals surface area contributed by atoms with Crippen LogP contribution < -0.4 is 20.5 Å². The van der Waals surface area contributed by atoms with Gasteiger partial charge in [-0.25, -0.2) is 9.83 Å². The van der Waals surface area contributed by atoms with Crippen molar-refractivity contribution in [2.24, 2.45) is 13.0 Å². The molecule has 0 bridgehead atoms. The molecule has 2 heterocycles. The van der Waals surface area contributed by atoms with Gasteiger partial charge in [-0.2, -0.15) is 0 Å². The second kappa shape index (κ2) is 10.5. The molecule has 1 atom stereocenters. The van der Waals surface area contributed by atoms with Crippen LogP contribution in [-0.2, 0) is 7.05 Å². The summed E-state index contributed by atoms with van der Waals surface area (Å²) >= 11 is 0. The van der Waals surface area contributed by atoms with E-state index >= 15 is 0 Å². The first-order chi connectivity index (χ1) is 16.5. The lowest BCUT2D eigenvalue weighted by Crippen LogP contribution is -2.33. The van der Waals surface area contributed by atoms with Crippen LogP contribution in [0.1, 0.15) is 19.3 Å². The van der Waals surface area contributed by atoms with Crippen molar-refractivity contribution in [3.05, 3.63) is 70.3 Å². The first-order valence-corrected chi connectivity index (χ1v) is 11.7. The van der Waals surface area contributed by atoms with E-state index in [9.17, 15) is 4.79 Å². The minimum Gasteiger partial charge on any atom is -0.497 e. The highest BCUT2D eigenvalue weighted by atomic mass is 16.5. The average Bonchev–Trinajstić information content (AvgIpc) is 3.14. The van der Waals surface area contributed by atoms with Gasteiger partial charge in [0, 0.05) is 20.6 Å². The normalized spacial score (nSPS) is 15.9. The van der Waals surface area contributed by atoms with Gasteiger partial charge in [0.15, 0.2) is 5.69 Å². The van der Waals surface area contributed by atoms with Crippen LogP contribution in [0.15, 0.2) is 53.3 Å². The maximum atomic E-state index is 13.7. The van der Waals surface area contributed by atoms with Crippen molar-refractivity contribution in [3.63, 3.8) is 0 Å². The van der Waals surface area contributed by atoms with E-state index < -0.39 is 0 Å². The lowest BCUT2D eigenvalue weighted by molar-refractivity contribution is 0.415. The molecular formula is C27H31N5O2. The summed E-state index contributed by atoms with van der Waals surface area (Å²) in [6.07, 6.45) is 3.45. The third-order valence-corrected chi connectivity index (χ3v) is 6.48. The fourth-order valence-electron chi connectivity index (χ4n) is 4.60. The van der Waals surface area contributed by atoms with Crippen molar-refractivity contribution in [2.45, 2.75) is 19.3 Å². The number of nitrogens with zero attached hydrogens (tertiary/aromatic N) is 4. The molecule has 3 aromatic rings. The predicted molar refractivity (Wildman–Crippen MR) is 137 cm³/mol. The molecule has 34 heavy (non-hydrogen) atoms. The van der Waals surface area contributed by atoms with E-state index in [1.54, 1.807) is 30.9 Å². The second-order valence-corrected chi connectivity index (χ2v) is 8.81. The van der Waals surface area contributed by atoms with E-state index in [4.69, 9.17) is 16.3 Å². The molecule has 1 aliphatic heterocycles. The van der Waals surface area contributed by atoms with Crippen LogP contribution >= 0.6 is 0 Å². The summed E-state index contributed by atoms with van der Waals surface area (Å²) in [4.78, 5) is 24.3. The monoisotopic (exact) mass is 457 g/mol. The highest BCUT2D eigenvalue weighted by molar-refractivity contribution is 5.81. The number of anilines is 1. The highest BCUT2D eigenvalue weighted by Crippen LogP contribution is 2.32. The van der Waals surface area contributed by atoms with Crippen molar-refractivity contribution in [1.29, 1.82) is 0 Å². The zero-order chi connectivity index (χ0) is 24.1. The Morgan fingerprint density at radius 3 is 2.50 bits per heavy atom. The molecule has 2 aromatic carbocycles. The molecule has 0 aliphatic carbocycles. The Hall–Kier alpha value is -3.63. The smallest absolute Gasteiger partial charge is 0.263 e. The number of aromatic nitrogens is 2. The van der Waals surface area contributed by atoms with Gasteiger partial charge in [-0.05, 0) is 61.5 Å². The Labute approximate surface area is 200 Å². The number of methoxy groups -OCH3 is 1. The van der Waals surface area contributed by atoms with Crippen LogP contribution in [0.3, 0.4) is 0 Å². The Morgan fingerprint density at radius 2 is 1.82 bits per heavy atom. The predicted octanol–water partition coefficient (Wildman–Crippen LogP) is 4.50. The lowest BCUT2D eigenvalue weighted by atomic mass is 9.99. The van der Waals surface area contributed by atoms with Gasteiger partial charge in [-0.3, -0.25) is 9.36 Å². The third kappa shape index (κ3) is 4.97. The number of nitrogens with one attached hydrogen (secondary N) is 1. The standard InChI is InChI=1S/C27H31N5O2/c1-28-22-11-7-21(8-12-22)25-24(20-9-13-23(34-4)14-10-20)26(33)32(3)27(30-25)31(2)18-19-6-5-16-29-17-15-19/h7-14,19,29H,5-6,15-18H2,2-4H3. The van der Waals surface area contributed by atoms with Crippen LogP contribution in [0.4, 0.5) is 11.6 Å². The molecule has 0 radical (unpaired) electrons. The van der Waals surface area contributed by atoms with Gasteiger partial charge < -0.3 is 15.0 Å². The van der Waals surface area contributed by atoms with Crippen molar-refractivity contribution in [3.8, 4) is 28.1 Å². The summed E-state index contributed by atoms with van der Waals surface area (Å²) in [5, 5.41) is 3.47. The van der Waals surface area contributed by atoms with Gasteiger partial charge in [0.2, 0.25) is 5.95 Å². The molecule has 0 spiro atoms. The van der Waals surface area contributed by atoms with E-state index in [1.807, 2.05) is 43.4 Å². The van der Waals surface area contributed by atoms with E-state index in [2.05, 4.69) is 15.1 Å². The summed E-state index contributed by atoms with van der Waals surface area (Å²) in [5.74, 6) is 1.93. The van der Waals surface area contributed by atoms with Crippen molar-refractivity contribution in [2.75, 3.05) is 38.7 Å². The van der Waals surface area contributed by atoms with Gasteiger partial charge in [0.25, 0.3) is 5.56 Å². The molecule has 1 N–H and O–H groups in total. The SMILES string of the molecule is [C-]#[N+]c1ccc(-c2nc(N(C)CC3CCCNCC3)n(C)c(=O)c2-c2ccc(OC)cc2)cc1. The fourth-order valence-corrected chi connectivity index (χ4v) is 4.60. The summed E-state index contributed by atoms with van der Waals surface area (Å²) in [7, 11) is 5.42. The minimum atomic E-state index is -0.103. The molecule has 1 unspecified atom stereocenters. The summed E-state index contributed by atoms with van der Waals surface area (Å²) < 4.78 is 6.94. The van der Waals surface area contributed by atoms with Crippen molar-refractivity contribution >= 4 is 11.6 Å². The lowest BCUT2D eigenvalue weighted by Gasteiger charge is -2.26. The largest absolute Gasteiger partial charge is 0.497 e. The van der Waals surface area contributed by atoms with Crippen molar-refractivity contribution in [1.82, 2.24) is 14.9 Å². The number of benzene rings is 2. The molecule has 0 amide bonds. The number of rotatable bonds is 6. The minimum absolute atomic E-state index is 0.103. The second-order valence-electron chi connectivity index (χ2n) is 8.81. The Kier molecular flexibility index (Phi) is 7.29. The zero-order valence-electron chi connectivity index (χ0n) is 20.0. The number of hydrogen-bond acceptors (Lipinski definition) is 5. The van der Waals surface area contributed by atoms with Crippen LogP contribution in [0.2, 0.25) is 0 Å². The average molecular weight is 458 g/mol. The molecule has 0 saturated carbocycles. The van der Waals surface area contributed by atoms with Crippen LogP contribution in [-0.4, -0.2) is 43.3 Å². The number of hydrogen-bond donors (Lipinski definition) is 1. The quantitative estimate of drug-likeness (QED) is 0.552. The molecular weight excluding hydrogens is 426 g/mol. The molecule has 1 fully saturated rings. The first-order valence-electron chi connectivity index (χ1n) is 11.7. The van der Waals surface area contributed by atoms with Crippen LogP contribution in [0, 0.1) is 12.5 Å². The maximum Gasteiger partial charge on any atom is 0.263 e. The Morgan fingerprint density at radius 1 is 1.12 bits per heavy atom. The first kappa shape index (κ1) is 23.5. The maximum absolute atomic E-state index is 13.7. The fraction of sp³-hybridized carbons (Fsp3) is 0.370. The third-order valence-electron chi connectivity index (χ3n) is 6.48. The van der Waals surface area contributed by atoms with Gasteiger partial charge >= 0.3 is 0 Å². The number of ether oxygens (including phenoxy) is 1. The molecule has 7 nitrogen and oxygen atoms in total. The summed E-state index contributed by atoms with van der Waals surface area (Å²) in [5.41, 5.74) is 3.20. The zero-order valence-corrected chi connectivity index (χ0v) is 20.0. The molecule has 4 rings (SSSR count). The molecule has 1 aromatic heterocycles. The van der Waals surface area contributed by atoms with E-state index in [1.165, 1.54) is 12.8 Å². The topological polar surface area (TPSA) is 63.8 Å². The Bertz CT molecular complexity index is 1220. The van der Waals surface area contributed by atoms with Gasteiger partial charge in [0.05, 0.1) is 24.9 Å².